The molecule has 1 fully saturated rings. The van der Waals surface area contributed by atoms with Crippen LogP contribution in [-0.2, 0) is 0 Å². The van der Waals surface area contributed by atoms with Gasteiger partial charge in [-0.2, -0.15) is 4.37 Å². The van der Waals surface area contributed by atoms with Gasteiger partial charge in [0.15, 0.2) is 0 Å². The standard InChI is InChI=1S/C15H17N3OS/c19-15(17-12-7-4-8-16-10-12)14-9-13(18-20-14)11-5-2-1-3-6-11/h1-3,5-6,9,12,16H,4,7-8,10H2,(H,17,19)/t12-/m0/s1. The van der Waals surface area contributed by atoms with Crippen molar-refractivity contribution in [2.75, 3.05) is 13.1 Å². The van der Waals surface area contributed by atoms with Crippen LogP contribution in [-0.4, -0.2) is 29.4 Å². The van der Waals surface area contributed by atoms with Crippen LogP contribution in [0.3, 0.4) is 0 Å². The first-order valence-electron chi connectivity index (χ1n) is 6.86. The van der Waals surface area contributed by atoms with Gasteiger partial charge in [-0.15, -0.1) is 0 Å². The summed E-state index contributed by atoms with van der Waals surface area (Å²) in [6.07, 6.45) is 2.16. The molecule has 1 aromatic carbocycles. The van der Waals surface area contributed by atoms with Crippen LogP contribution < -0.4 is 10.6 Å². The highest BCUT2D eigenvalue weighted by atomic mass is 32.1. The van der Waals surface area contributed by atoms with Gasteiger partial charge in [0, 0.05) is 18.2 Å². The Morgan fingerprint density at radius 2 is 2.20 bits per heavy atom. The molecule has 104 valence electrons. The molecule has 1 amide bonds. The third kappa shape index (κ3) is 3.05. The van der Waals surface area contributed by atoms with Crippen LogP contribution >= 0.6 is 11.5 Å². The number of amides is 1. The first-order valence-corrected chi connectivity index (χ1v) is 7.64. The first-order chi connectivity index (χ1) is 9.83. The third-order valence-corrected chi connectivity index (χ3v) is 4.22. The second-order valence-electron chi connectivity index (χ2n) is 4.96. The lowest BCUT2D eigenvalue weighted by molar-refractivity contribution is 0.0935. The van der Waals surface area contributed by atoms with E-state index in [1.54, 1.807) is 0 Å². The fourth-order valence-electron chi connectivity index (χ4n) is 2.36. The van der Waals surface area contributed by atoms with Crippen molar-refractivity contribution in [2.45, 2.75) is 18.9 Å². The van der Waals surface area contributed by atoms with Crippen molar-refractivity contribution in [3.8, 4) is 11.3 Å². The Bertz CT molecular complexity index is 576. The Labute approximate surface area is 122 Å². The van der Waals surface area contributed by atoms with Crippen molar-refractivity contribution in [3.63, 3.8) is 0 Å². The van der Waals surface area contributed by atoms with E-state index in [1.165, 1.54) is 11.5 Å². The van der Waals surface area contributed by atoms with Gasteiger partial charge >= 0.3 is 0 Å². The number of carbonyl (C=O) groups is 1. The predicted octanol–water partition coefficient (Wildman–Crippen LogP) is 2.29. The molecule has 0 saturated carbocycles. The molecule has 0 radical (unpaired) electrons. The molecule has 5 heteroatoms. The summed E-state index contributed by atoms with van der Waals surface area (Å²) < 4.78 is 4.37. The molecule has 0 unspecified atom stereocenters. The summed E-state index contributed by atoms with van der Waals surface area (Å²) in [6.45, 7) is 1.90. The Kier molecular flexibility index (Phi) is 4.08. The molecule has 0 aliphatic carbocycles. The van der Waals surface area contributed by atoms with E-state index in [1.807, 2.05) is 36.4 Å². The van der Waals surface area contributed by atoms with E-state index in [0.717, 1.165) is 37.2 Å². The molecule has 2 N–H and O–H groups in total. The molecular weight excluding hydrogens is 270 g/mol. The minimum absolute atomic E-state index is 0.0154. The Morgan fingerprint density at radius 3 is 2.95 bits per heavy atom. The molecule has 1 atom stereocenters. The van der Waals surface area contributed by atoms with Gasteiger partial charge in [-0.3, -0.25) is 4.79 Å². The van der Waals surface area contributed by atoms with Gasteiger partial charge in [0.05, 0.1) is 5.69 Å². The van der Waals surface area contributed by atoms with Gasteiger partial charge in [0.25, 0.3) is 5.91 Å². The molecule has 0 bridgehead atoms. The zero-order valence-corrected chi connectivity index (χ0v) is 12.0. The fraction of sp³-hybridized carbons (Fsp3) is 0.333. The Balaban J connectivity index is 1.68. The molecular formula is C15H17N3OS. The summed E-state index contributed by atoms with van der Waals surface area (Å²) in [5.74, 6) is -0.0154. The summed E-state index contributed by atoms with van der Waals surface area (Å²) in [5.41, 5.74) is 1.91. The predicted molar refractivity (Wildman–Crippen MR) is 80.9 cm³/mol. The number of hydrogen-bond acceptors (Lipinski definition) is 4. The summed E-state index contributed by atoms with van der Waals surface area (Å²) >= 11 is 1.26. The molecule has 1 aromatic heterocycles. The zero-order chi connectivity index (χ0) is 13.8. The molecule has 1 saturated heterocycles. The van der Waals surface area contributed by atoms with Crippen molar-refractivity contribution in [1.29, 1.82) is 0 Å². The Hall–Kier alpha value is -1.72. The lowest BCUT2D eigenvalue weighted by atomic mass is 10.1. The van der Waals surface area contributed by atoms with Gasteiger partial charge in [0.1, 0.15) is 4.88 Å². The number of piperidine rings is 1. The number of aromatic nitrogens is 1. The average Bonchev–Trinajstić information content (AvgIpc) is 2.99. The summed E-state index contributed by atoms with van der Waals surface area (Å²) in [5, 5.41) is 6.36. The number of nitrogens with one attached hydrogen (secondary N) is 2. The van der Waals surface area contributed by atoms with Crippen LogP contribution in [0.15, 0.2) is 36.4 Å². The normalized spacial score (nSPS) is 18.7. The highest BCUT2D eigenvalue weighted by Crippen LogP contribution is 2.21. The quantitative estimate of drug-likeness (QED) is 0.910. The van der Waals surface area contributed by atoms with Gasteiger partial charge in [0.2, 0.25) is 0 Å². The van der Waals surface area contributed by atoms with E-state index in [9.17, 15) is 4.79 Å². The van der Waals surface area contributed by atoms with Gasteiger partial charge < -0.3 is 10.6 Å². The van der Waals surface area contributed by atoms with Crippen molar-refractivity contribution >= 4 is 17.4 Å². The summed E-state index contributed by atoms with van der Waals surface area (Å²) in [6, 6.07) is 12.0. The largest absolute Gasteiger partial charge is 0.347 e. The number of hydrogen-bond donors (Lipinski definition) is 2. The summed E-state index contributed by atoms with van der Waals surface area (Å²) in [4.78, 5) is 12.9. The number of nitrogens with zero attached hydrogens (tertiary/aromatic N) is 1. The Morgan fingerprint density at radius 1 is 1.35 bits per heavy atom. The second kappa shape index (κ2) is 6.15. The van der Waals surface area contributed by atoms with Gasteiger partial charge in [-0.25, -0.2) is 0 Å². The summed E-state index contributed by atoms with van der Waals surface area (Å²) in [7, 11) is 0. The molecule has 4 nitrogen and oxygen atoms in total. The van der Waals surface area contributed by atoms with Crippen molar-refractivity contribution < 1.29 is 4.79 Å². The van der Waals surface area contributed by atoms with Gasteiger partial charge in [-0.05, 0) is 37.0 Å². The maximum absolute atomic E-state index is 12.2. The molecule has 1 aliphatic rings. The van der Waals surface area contributed by atoms with E-state index in [-0.39, 0.29) is 11.9 Å². The van der Waals surface area contributed by atoms with E-state index in [0.29, 0.717) is 4.88 Å². The minimum atomic E-state index is -0.0154. The molecule has 1 aliphatic heterocycles. The lowest BCUT2D eigenvalue weighted by Crippen LogP contribution is -2.45. The number of carbonyl (C=O) groups excluding carboxylic acids is 1. The average molecular weight is 287 g/mol. The van der Waals surface area contributed by atoms with Crippen LogP contribution in [0.2, 0.25) is 0 Å². The molecule has 20 heavy (non-hydrogen) atoms. The topological polar surface area (TPSA) is 54.0 Å². The fourth-order valence-corrected chi connectivity index (χ4v) is 3.02. The number of benzene rings is 1. The van der Waals surface area contributed by atoms with Crippen molar-refractivity contribution in [3.05, 3.63) is 41.3 Å². The molecule has 0 spiro atoms. The van der Waals surface area contributed by atoms with Crippen molar-refractivity contribution in [1.82, 2.24) is 15.0 Å². The van der Waals surface area contributed by atoms with Crippen LogP contribution in [0.1, 0.15) is 22.5 Å². The SMILES string of the molecule is O=C(N[C@H]1CCCNC1)c1cc(-c2ccccc2)ns1. The third-order valence-electron chi connectivity index (χ3n) is 3.44. The highest BCUT2D eigenvalue weighted by Gasteiger charge is 2.18. The van der Waals surface area contributed by atoms with Crippen LogP contribution in [0, 0.1) is 0 Å². The zero-order valence-electron chi connectivity index (χ0n) is 11.1. The lowest BCUT2D eigenvalue weighted by Gasteiger charge is -2.23. The minimum Gasteiger partial charge on any atom is -0.347 e. The molecule has 2 heterocycles. The number of rotatable bonds is 3. The van der Waals surface area contributed by atoms with E-state index < -0.39 is 0 Å². The smallest absolute Gasteiger partial charge is 0.263 e. The van der Waals surface area contributed by atoms with E-state index >= 15 is 0 Å². The highest BCUT2D eigenvalue weighted by molar-refractivity contribution is 7.08. The first kappa shape index (κ1) is 13.3. The maximum atomic E-state index is 12.2. The monoisotopic (exact) mass is 287 g/mol. The van der Waals surface area contributed by atoms with E-state index in [4.69, 9.17) is 0 Å². The molecule has 2 aromatic rings. The van der Waals surface area contributed by atoms with Crippen LogP contribution in [0.4, 0.5) is 0 Å². The van der Waals surface area contributed by atoms with E-state index in [2.05, 4.69) is 15.0 Å². The van der Waals surface area contributed by atoms with Crippen LogP contribution in [0.5, 0.6) is 0 Å². The second-order valence-corrected chi connectivity index (χ2v) is 5.76. The van der Waals surface area contributed by atoms with Crippen LogP contribution in [0.25, 0.3) is 11.3 Å². The maximum Gasteiger partial charge on any atom is 0.263 e. The van der Waals surface area contributed by atoms with Gasteiger partial charge in [-0.1, -0.05) is 30.3 Å². The molecule has 3 rings (SSSR count). The van der Waals surface area contributed by atoms with Crippen molar-refractivity contribution in [2.24, 2.45) is 0 Å².